The first-order chi connectivity index (χ1) is 8.97. The predicted octanol–water partition coefficient (Wildman–Crippen LogP) is 3.70. The van der Waals surface area contributed by atoms with Crippen molar-refractivity contribution in [1.82, 2.24) is 9.78 Å². The van der Waals surface area contributed by atoms with E-state index >= 15 is 0 Å². The first-order valence-electron chi connectivity index (χ1n) is 6.45. The highest BCUT2D eigenvalue weighted by atomic mass is 35.5. The van der Waals surface area contributed by atoms with Crippen LogP contribution in [0.1, 0.15) is 42.8 Å². The van der Waals surface area contributed by atoms with Crippen LogP contribution in [0.5, 0.6) is 0 Å². The van der Waals surface area contributed by atoms with Gasteiger partial charge in [-0.05, 0) is 44.0 Å². The molecule has 0 spiro atoms. The molecule has 1 N–H and O–H groups in total. The molecule has 0 amide bonds. The average molecular weight is 279 g/mol. The molecule has 102 valence electrons. The maximum Gasteiger partial charge on any atom is 0.0860 e. The zero-order valence-electron chi connectivity index (χ0n) is 11.5. The second kappa shape index (κ2) is 5.76. The van der Waals surface area contributed by atoms with Gasteiger partial charge in [0.05, 0.1) is 11.8 Å². The lowest BCUT2D eigenvalue weighted by atomic mass is 10.0. The van der Waals surface area contributed by atoms with Gasteiger partial charge in [-0.1, -0.05) is 23.7 Å². The summed E-state index contributed by atoms with van der Waals surface area (Å²) in [5.41, 5.74) is 2.72. The first kappa shape index (κ1) is 14.1. The van der Waals surface area contributed by atoms with Crippen LogP contribution in [0.25, 0.3) is 0 Å². The Balaban J connectivity index is 2.13. The first-order valence-corrected chi connectivity index (χ1v) is 6.83. The fourth-order valence-electron chi connectivity index (χ4n) is 1.98. The number of halogens is 1. The smallest absolute Gasteiger partial charge is 0.0860 e. The number of hydrogen-bond donors (Lipinski definition) is 1. The number of rotatable bonds is 4. The van der Waals surface area contributed by atoms with Crippen LogP contribution in [0.15, 0.2) is 30.5 Å². The highest BCUT2D eigenvalue weighted by Gasteiger charge is 2.14. The molecule has 0 radical (unpaired) electrons. The fourth-order valence-corrected chi connectivity index (χ4v) is 2.35. The molecule has 19 heavy (non-hydrogen) atoms. The van der Waals surface area contributed by atoms with E-state index < -0.39 is 6.10 Å². The molecular formula is C15H19ClN2O. The Morgan fingerprint density at radius 1 is 1.32 bits per heavy atom. The van der Waals surface area contributed by atoms with E-state index in [1.807, 2.05) is 42.1 Å². The van der Waals surface area contributed by atoms with E-state index in [4.69, 9.17) is 11.6 Å². The Morgan fingerprint density at radius 2 is 2.05 bits per heavy atom. The maximum absolute atomic E-state index is 10.3. The Hall–Kier alpha value is -1.32. The van der Waals surface area contributed by atoms with E-state index in [1.165, 1.54) is 0 Å². The summed E-state index contributed by atoms with van der Waals surface area (Å²) in [6, 6.07) is 7.96. The van der Waals surface area contributed by atoms with Crippen LogP contribution < -0.4 is 0 Å². The lowest BCUT2D eigenvalue weighted by molar-refractivity contribution is 0.177. The van der Waals surface area contributed by atoms with Crippen molar-refractivity contribution >= 4 is 11.6 Å². The van der Waals surface area contributed by atoms with Gasteiger partial charge in [0, 0.05) is 23.7 Å². The molecule has 2 rings (SSSR count). The lowest BCUT2D eigenvalue weighted by Gasteiger charge is -2.12. The SMILES string of the molecule is Cc1ccc(C(O)Cc2ccn(C(C)C)n2)c(Cl)c1. The minimum absolute atomic E-state index is 0.328. The quantitative estimate of drug-likeness (QED) is 0.926. The van der Waals surface area contributed by atoms with E-state index in [-0.39, 0.29) is 0 Å². The number of aryl methyl sites for hydroxylation is 1. The Morgan fingerprint density at radius 3 is 2.63 bits per heavy atom. The predicted molar refractivity (Wildman–Crippen MR) is 77.5 cm³/mol. The minimum Gasteiger partial charge on any atom is -0.388 e. The molecule has 1 aromatic carbocycles. The van der Waals surface area contributed by atoms with Crippen LogP contribution in [0.3, 0.4) is 0 Å². The summed E-state index contributed by atoms with van der Waals surface area (Å²) in [4.78, 5) is 0. The minimum atomic E-state index is -0.622. The van der Waals surface area contributed by atoms with E-state index in [0.29, 0.717) is 17.5 Å². The molecule has 0 aliphatic carbocycles. The molecule has 3 nitrogen and oxygen atoms in total. The van der Waals surface area contributed by atoms with Crippen molar-refractivity contribution in [1.29, 1.82) is 0 Å². The molecule has 4 heteroatoms. The van der Waals surface area contributed by atoms with Crippen LogP contribution in [0.4, 0.5) is 0 Å². The summed E-state index contributed by atoms with van der Waals surface area (Å²) in [6.45, 7) is 6.13. The van der Waals surface area contributed by atoms with Crippen molar-refractivity contribution < 1.29 is 5.11 Å². The summed E-state index contributed by atoms with van der Waals surface area (Å²) in [5, 5.41) is 15.3. The van der Waals surface area contributed by atoms with Gasteiger partial charge in [0.15, 0.2) is 0 Å². The number of nitrogens with zero attached hydrogens (tertiary/aromatic N) is 2. The van der Waals surface area contributed by atoms with Crippen molar-refractivity contribution in [2.24, 2.45) is 0 Å². The maximum atomic E-state index is 10.3. The van der Waals surface area contributed by atoms with Gasteiger partial charge in [-0.15, -0.1) is 0 Å². The van der Waals surface area contributed by atoms with Gasteiger partial charge in [-0.2, -0.15) is 5.10 Å². The van der Waals surface area contributed by atoms with Crippen LogP contribution in [0, 0.1) is 6.92 Å². The summed E-state index contributed by atoms with van der Waals surface area (Å²) in [5.74, 6) is 0. The number of aliphatic hydroxyl groups is 1. The van der Waals surface area contributed by atoms with Crippen LogP contribution >= 0.6 is 11.6 Å². The highest BCUT2D eigenvalue weighted by Crippen LogP contribution is 2.26. The van der Waals surface area contributed by atoms with Gasteiger partial charge < -0.3 is 5.11 Å². The molecule has 1 atom stereocenters. The van der Waals surface area contributed by atoms with Crippen molar-refractivity contribution in [3.63, 3.8) is 0 Å². The topological polar surface area (TPSA) is 38.0 Å². The molecule has 0 fully saturated rings. The molecule has 1 heterocycles. The largest absolute Gasteiger partial charge is 0.388 e. The molecular weight excluding hydrogens is 260 g/mol. The fraction of sp³-hybridized carbons (Fsp3) is 0.400. The number of aromatic nitrogens is 2. The monoisotopic (exact) mass is 278 g/mol. The molecule has 0 aliphatic rings. The second-order valence-electron chi connectivity index (χ2n) is 5.13. The van der Waals surface area contributed by atoms with E-state index in [0.717, 1.165) is 16.8 Å². The van der Waals surface area contributed by atoms with Crippen LogP contribution in [0.2, 0.25) is 5.02 Å². The Kier molecular flexibility index (Phi) is 4.27. The number of aliphatic hydroxyl groups excluding tert-OH is 1. The average Bonchev–Trinajstić information content (AvgIpc) is 2.77. The molecule has 1 unspecified atom stereocenters. The van der Waals surface area contributed by atoms with Crippen molar-refractivity contribution in [2.75, 3.05) is 0 Å². The molecule has 0 bridgehead atoms. The van der Waals surface area contributed by atoms with Crippen LogP contribution in [-0.2, 0) is 6.42 Å². The van der Waals surface area contributed by atoms with Gasteiger partial charge in [0.1, 0.15) is 0 Å². The molecule has 0 saturated heterocycles. The standard InChI is InChI=1S/C15H19ClN2O/c1-10(2)18-7-6-12(17-18)9-15(19)13-5-4-11(3)8-14(13)16/h4-8,10,15,19H,9H2,1-3H3. The Bertz CT molecular complexity index is 563. The summed E-state index contributed by atoms with van der Waals surface area (Å²) in [7, 11) is 0. The molecule has 0 aliphatic heterocycles. The van der Waals surface area contributed by atoms with E-state index in [2.05, 4.69) is 18.9 Å². The zero-order valence-corrected chi connectivity index (χ0v) is 12.2. The third-order valence-corrected chi connectivity index (χ3v) is 3.44. The third kappa shape index (κ3) is 3.37. The van der Waals surface area contributed by atoms with Gasteiger partial charge in [-0.3, -0.25) is 4.68 Å². The van der Waals surface area contributed by atoms with Crippen molar-refractivity contribution in [3.05, 3.63) is 52.3 Å². The molecule has 1 aromatic heterocycles. The summed E-state index contributed by atoms with van der Waals surface area (Å²) < 4.78 is 1.89. The normalized spacial score (nSPS) is 12.9. The lowest BCUT2D eigenvalue weighted by Crippen LogP contribution is -2.06. The molecule has 0 saturated carbocycles. The van der Waals surface area contributed by atoms with Crippen LogP contribution in [-0.4, -0.2) is 14.9 Å². The van der Waals surface area contributed by atoms with E-state index in [1.54, 1.807) is 0 Å². The van der Waals surface area contributed by atoms with Gasteiger partial charge >= 0.3 is 0 Å². The second-order valence-corrected chi connectivity index (χ2v) is 5.53. The van der Waals surface area contributed by atoms with Gasteiger partial charge in [0.25, 0.3) is 0 Å². The Labute approximate surface area is 118 Å². The molecule has 2 aromatic rings. The number of benzene rings is 1. The van der Waals surface area contributed by atoms with Crippen molar-refractivity contribution in [2.45, 2.75) is 39.3 Å². The highest BCUT2D eigenvalue weighted by molar-refractivity contribution is 6.31. The summed E-state index contributed by atoms with van der Waals surface area (Å²) >= 11 is 6.16. The van der Waals surface area contributed by atoms with Crippen molar-refractivity contribution in [3.8, 4) is 0 Å². The van der Waals surface area contributed by atoms with E-state index in [9.17, 15) is 5.11 Å². The van der Waals surface area contributed by atoms with Gasteiger partial charge in [0.2, 0.25) is 0 Å². The zero-order chi connectivity index (χ0) is 14.0. The number of hydrogen-bond acceptors (Lipinski definition) is 2. The summed E-state index contributed by atoms with van der Waals surface area (Å²) in [6.07, 6.45) is 1.79. The van der Waals surface area contributed by atoms with Gasteiger partial charge in [-0.25, -0.2) is 0 Å². The third-order valence-electron chi connectivity index (χ3n) is 3.11.